The van der Waals surface area contributed by atoms with E-state index < -0.39 is 0 Å². The van der Waals surface area contributed by atoms with Gasteiger partial charge in [0.05, 0.1) is 12.1 Å². The Morgan fingerprint density at radius 1 is 1.09 bits per heavy atom. The summed E-state index contributed by atoms with van der Waals surface area (Å²) < 4.78 is 5.87. The van der Waals surface area contributed by atoms with Crippen molar-refractivity contribution in [3.63, 3.8) is 0 Å². The number of hydrogen-bond acceptors (Lipinski definition) is 5. The summed E-state index contributed by atoms with van der Waals surface area (Å²) in [5, 5.41) is 1.45. The van der Waals surface area contributed by atoms with Crippen molar-refractivity contribution in [1.82, 2.24) is 15.0 Å². The number of nitrogens with zero attached hydrogens (tertiary/aromatic N) is 4. The van der Waals surface area contributed by atoms with Crippen LogP contribution in [-0.2, 0) is 0 Å². The molecule has 1 aliphatic heterocycles. The number of benzene rings is 1. The second kappa shape index (κ2) is 6.01. The first-order valence-corrected chi connectivity index (χ1v) is 7.91. The Balaban J connectivity index is 1.50. The maximum Gasteiger partial charge on any atom is 0.252 e. The minimum Gasteiger partial charge on any atom is -0.470 e. The fourth-order valence-corrected chi connectivity index (χ4v) is 2.96. The summed E-state index contributed by atoms with van der Waals surface area (Å²) >= 11 is 6.00. The molecule has 23 heavy (non-hydrogen) atoms. The predicted molar refractivity (Wildman–Crippen MR) is 90.0 cm³/mol. The summed E-state index contributed by atoms with van der Waals surface area (Å²) in [7, 11) is 0. The Bertz CT molecular complexity index is 841. The smallest absolute Gasteiger partial charge is 0.252 e. The fourth-order valence-electron chi connectivity index (χ4n) is 2.81. The van der Waals surface area contributed by atoms with Gasteiger partial charge in [-0.15, -0.1) is 0 Å². The summed E-state index contributed by atoms with van der Waals surface area (Å²) in [5.74, 6) is 1.37. The number of aromatic nitrogens is 3. The number of fused-ring (bicyclic) bond motifs is 1. The van der Waals surface area contributed by atoms with E-state index in [-0.39, 0.29) is 6.10 Å². The largest absolute Gasteiger partial charge is 0.470 e. The van der Waals surface area contributed by atoms with Crippen LogP contribution >= 0.6 is 11.6 Å². The molecule has 3 aromatic rings. The Morgan fingerprint density at radius 3 is 2.87 bits per heavy atom. The number of hydrogen-bond donors (Lipinski definition) is 0. The van der Waals surface area contributed by atoms with Gasteiger partial charge in [-0.25, -0.2) is 15.0 Å². The zero-order valence-electron chi connectivity index (χ0n) is 12.4. The molecule has 5 nitrogen and oxygen atoms in total. The lowest BCUT2D eigenvalue weighted by molar-refractivity contribution is 0.215. The van der Waals surface area contributed by atoms with E-state index in [1.54, 1.807) is 12.4 Å². The van der Waals surface area contributed by atoms with Gasteiger partial charge in [0, 0.05) is 30.7 Å². The average Bonchev–Trinajstić information content (AvgIpc) is 3.05. The van der Waals surface area contributed by atoms with E-state index in [2.05, 4.69) is 33.1 Å². The molecule has 0 bridgehead atoms. The highest BCUT2D eigenvalue weighted by molar-refractivity contribution is 6.30. The van der Waals surface area contributed by atoms with Gasteiger partial charge in [-0.3, -0.25) is 0 Å². The molecule has 2 aromatic heterocycles. The van der Waals surface area contributed by atoms with Crippen LogP contribution in [0.2, 0.25) is 5.15 Å². The highest BCUT2D eigenvalue weighted by Crippen LogP contribution is 2.25. The molecule has 0 N–H and O–H groups in total. The summed E-state index contributed by atoms with van der Waals surface area (Å²) in [6.45, 7) is 1.66. The molecule has 6 heteroatoms. The molecule has 0 spiro atoms. The molecule has 0 amide bonds. The van der Waals surface area contributed by atoms with Crippen molar-refractivity contribution >= 4 is 28.3 Å². The van der Waals surface area contributed by atoms with Crippen LogP contribution in [-0.4, -0.2) is 34.1 Å². The van der Waals surface area contributed by atoms with Gasteiger partial charge in [0.2, 0.25) is 0 Å². The minimum atomic E-state index is 0.0393. The van der Waals surface area contributed by atoms with Crippen molar-refractivity contribution in [3.8, 4) is 5.88 Å². The lowest BCUT2D eigenvalue weighted by Crippen LogP contribution is -2.25. The van der Waals surface area contributed by atoms with Crippen molar-refractivity contribution in [2.75, 3.05) is 18.0 Å². The molecule has 0 unspecified atom stereocenters. The Labute approximate surface area is 138 Å². The standard InChI is InChI=1S/C17H15ClN4O/c18-16-17(20-9-8-19-16)23-13-7-10-22(11-13)15-6-5-12-3-1-2-4-14(12)21-15/h1-6,8-9,13H,7,10-11H2/t13-/m1/s1. The molecule has 1 atom stereocenters. The van der Waals surface area contributed by atoms with Gasteiger partial charge in [0.1, 0.15) is 11.9 Å². The van der Waals surface area contributed by atoms with Gasteiger partial charge in [-0.1, -0.05) is 29.8 Å². The van der Waals surface area contributed by atoms with Gasteiger partial charge in [-0.2, -0.15) is 0 Å². The lowest BCUT2D eigenvalue weighted by Gasteiger charge is -2.18. The third-order valence-corrected chi connectivity index (χ3v) is 4.21. The molecule has 116 valence electrons. The van der Waals surface area contributed by atoms with Crippen LogP contribution < -0.4 is 9.64 Å². The lowest BCUT2D eigenvalue weighted by atomic mass is 10.2. The Morgan fingerprint density at radius 2 is 1.96 bits per heavy atom. The summed E-state index contributed by atoms with van der Waals surface area (Å²) in [5.41, 5.74) is 1.01. The van der Waals surface area contributed by atoms with Crippen molar-refractivity contribution in [2.24, 2.45) is 0 Å². The Hall–Kier alpha value is -2.40. The van der Waals surface area contributed by atoms with Gasteiger partial charge >= 0.3 is 0 Å². The molecule has 1 fully saturated rings. The summed E-state index contributed by atoms with van der Waals surface area (Å²) in [6.07, 6.45) is 4.08. The summed E-state index contributed by atoms with van der Waals surface area (Å²) in [4.78, 5) is 15.1. The molecular formula is C17H15ClN4O. The fraction of sp³-hybridized carbons (Fsp3) is 0.235. The third-order valence-electron chi connectivity index (χ3n) is 3.95. The van der Waals surface area contributed by atoms with E-state index in [0.717, 1.165) is 36.2 Å². The van der Waals surface area contributed by atoms with Crippen molar-refractivity contribution in [3.05, 3.63) is 53.9 Å². The number of para-hydroxylation sites is 1. The van der Waals surface area contributed by atoms with E-state index in [1.165, 1.54) is 0 Å². The second-order valence-corrected chi connectivity index (χ2v) is 5.85. The number of pyridine rings is 1. The zero-order valence-corrected chi connectivity index (χ0v) is 13.1. The van der Waals surface area contributed by atoms with Gasteiger partial charge < -0.3 is 9.64 Å². The van der Waals surface area contributed by atoms with Crippen molar-refractivity contribution < 1.29 is 4.74 Å². The molecular weight excluding hydrogens is 312 g/mol. The van der Waals surface area contributed by atoms with Crippen LogP contribution in [0, 0.1) is 0 Å². The van der Waals surface area contributed by atoms with Crippen LogP contribution in [0.25, 0.3) is 10.9 Å². The molecule has 1 aliphatic rings. The topological polar surface area (TPSA) is 51.1 Å². The predicted octanol–water partition coefficient (Wildman–Crippen LogP) is 3.34. The number of rotatable bonds is 3. The van der Waals surface area contributed by atoms with Crippen LogP contribution in [0.3, 0.4) is 0 Å². The van der Waals surface area contributed by atoms with E-state index >= 15 is 0 Å². The first kappa shape index (κ1) is 14.2. The second-order valence-electron chi connectivity index (χ2n) is 5.49. The van der Waals surface area contributed by atoms with Crippen molar-refractivity contribution in [2.45, 2.75) is 12.5 Å². The van der Waals surface area contributed by atoms with Crippen molar-refractivity contribution in [1.29, 1.82) is 0 Å². The van der Waals surface area contributed by atoms with Crippen LogP contribution in [0.4, 0.5) is 5.82 Å². The quantitative estimate of drug-likeness (QED) is 0.739. The maximum atomic E-state index is 6.00. The molecule has 1 aromatic carbocycles. The SMILES string of the molecule is Clc1nccnc1O[C@@H]1CCN(c2ccc3ccccc3n2)C1. The number of halogens is 1. The highest BCUT2D eigenvalue weighted by Gasteiger charge is 2.26. The van der Waals surface area contributed by atoms with Crippen LogP contribution in [0.5, 0.6) is 5.88 Å². The first-order valence-electron chi connectivity index (χ1n) is 7.53. The average molecular weight is 327 g/mol. The molecule has 0 aliphatic carbocycles. The Kier molecular flexibility index (Phi) is 3.71. The maximum absolute atomic E-state index is 6.00. The first-order chi connectivity index (χ1) is 11.3. The number of ether oxygens (including phenoxy) is 1. The van der Waals surface area contributed by atoms with Crippen LogP contribution in [0.15, 0.2) is 48.8 Å². The van der Waals surface area contributed by atoms with E-state index in [1.807, 2.05) is 18.2 Å². The molecule has 4 rings (SSSR count). The molecule has 1 saturated heterocycles. The van der Waals surface area contributed by atoms with Gasteiger partial charge in [0.15, 0.2) is 5.15 Å². The number of anilines is 1. The molecule has 0 radical (unpaired) electrons. The van der Waals surface area contributed by atoms with E-state index in [0.29, 0.717) is 11.0 Å². The molecule has 0 saturated carbocycles. The van der Waals surface area contributed by atoms with E-state index in [4.69, 9.17) is 21.3 Å². The van der Waals surface area contributed by atoms with E-state index in [9.17, 15) is 0 Å². The minimum absolute atomic E-state index is 0.0393. The third kappa shape index (κ3) is 2.92. The van der Waals surface area contributed by atoms with Gasteiger partial charge in [0.25, 0.3) is 5.88 Å². The zero-order chi connectivity index (χ0) is 15.6. The van der Waals surface area contributed by atoms with Crippen LogP contribution in [0.1, 0.15) is 6.42 Å². The summed E-state index contributed by atoms with van der Waals surface area (Å²) in [6, 6.07) is 12.3. The highest BCUT2D eigenvalue weighted by atomic mass is 35.5. The monoisotopic (exact) mass is 326 g/mol. The normalized spacial score (nSPS) is 17.6. The molecule has 3 heterocycles. The van der Waals surface area contributed by atoms with Gasteiger partial charge in [-0.05, 0) is 18.2 Å².